The molecule has 0 amide bonds. The van der Waals surface area contributed by atoms with Crippen molar-refractivity contribution in [3.63, 3.8) is 0 Å². The van der Waals surface area contributed by atoms with E-state index in [2.05, 4.69) is 24.5 Å². The molecule has 0 radical (unpaired) electrons. The van der Waals surface area contributed by atoms with E-state index in [0.717, 1.165) is 18.5 Å². The summed E-state index contributed by atoms with van der Waals surface area (Å²) in [5.74, 6) is 0. The first-order chi connectivity index (χ1) is 13.9. The fourth-order valence-electron chi connectivity index (χ4n) is 3.16. The van der Waals surface area contributed by atoms with E-state index in [9.17, 15) is 0 Å². The van der Waals surface area contributed by atoms with Crippen molar-refractivity contribution in [2.45, 2.75) is 38.0 Å². The van der Waals surface area contributed by atoms with Crippen LogP contribution in [0.4, 0.5) is 5.69 Å². The fourth-order valence-corrected chi connectivity index (χ4v) is 7.56. The average Bonchev–Trinajstić information content (AvgIpc) is 2.79. The third kappa shape index (κ3) is 7.74. The maximum atomic E-state index is 5.49. The molecule has 10 heteroatoms. The van der Waals surface area contributed by atoms with E-state index in [4.69, 9.17) is 26.6 Å². The van der Waals surface area contributed by atoms with Gasteiger partial charge in [0.25, 0.3) is 0 Å². The molecule has 0 aromatic heterocycles. The molecule has 0 saturated heterocycles. The molecule has 0 saturated carbocycles. The van der Waals surface area contributed by atoms with Crippen molar-refractivity contribution in [3.8, 4) is 0 Å². The van der Waals surface area contributed by atoms with Crippen LogP contribution in [0.25, 0.3) is 0 Å². The summed E-state index contributed by atoms with van der Waals surface area (Å²) in [4.78, 5) is 0. The molecule has 0 bridgehead atoms. The Bertz CT molecular complexity index is 498. The topological polar surface area (TPSA) is 79.4 Å². The molecular weight excluding hydrogens is 408 g/mol. The van der Waals surface area contributed by atoms with Crippen LogP contribution < -0.4 is 10.6 Å². The van der Waals surface area contributed by atoms with Crippen LogP contribution in [0.5, 0.6) is 0 Å². The molecule has 1 aromatic rings. The first-order valence-electron chi connectivity index (χ1n) is 9.72. The summed E-state index contributed by atoms with van der Waals surface area (Å²) in [6, 6.07) is 10.0. The summed E-state index contributed by atoms with van der Waals surface area (Å²) in [5, 5.41) is 6.54. The van der Waals surface area contributed by atoms with E-state index in [1.54, 1.807) is 42.7 Å². The Labute approximate surface area is 178 Å². The third-order valence-corrected chi connectivity index (χ3v) is 11.2. The van der Waals surface area contributed by atoms with Gasteiger partial charge in [0.2, 0.25) is 0 Å². The summed E-state index contributed by atoms with van der Waals surface area (Å²) in [5.41, 5.74) is 1.25. The van der Waals surface area contributed by atoms with Crippen molar-refractivity contribution < 1.29 is 26.6 Å². The predicted molar refractivity (Wildman–Crippen MR) is 121 cm³/mol. The molecule has 8 nitrogen and oxygen atoms in total. The number of hydrogen-bond acceptors (Lipinski definition) is 8. The van der Waals surface area contributed by atoms with Crippen LogP contribution in [0.1, 0.15) is 26.7 Å². The molecule has 2 atom stereocenters. The van der Waals surface area contributed by atoms with Crippen molar-refractivity contribution in [3.05, 3.63) is 30.3 Å². The van der Waals surface area contributed by atoms with Crippen LogP contribution in [0, 0.1) is 0 Å². The lowest BCUT2D eigenvalue weighted by atomic mass is 10.3. The van der Waals surface area contributed by atoms with E-state index in [-0.39, 0.29) is 11.3 Å². The van der Waals surface area contributed by atoms with Gasteiger partial charge in [0.05, 0.1) is 11.3 Å². The smallest absolute Gasteiger partial charge is 0.378 e. The SMILES string of the molecule is CCC(NC)[Si](OC)(OC)OC.CCC(Nc1ccccc1)[Si](OC)(OC)OC. The molecule has 29 heavy (non-hydrogen) atoms. The van der Waals surface area contributed by atoms with Crippen molar-refractivity contribution in [2.24, 2.45) is 0 Å². The highest BCUT2D eigenvalue weighted by atomic mass is 28.4. The molecule has 0 aliphatic rings. The lowest BCUT2D eigenvalue weighted by Gasteiger charge is -2.32. The fraction of sp³-hybridized carbons (Fsp3) is 0.684. The number of nitrogens with one attached hydrogen (secondary N) is 2. The molecule has 1 aromatic carbocycles. The Balaban J connectivity index is 0.000000578. The van der Waals surface area contributed by atoms with Crippen LogP contribution in [-0.2, 0) is 26.6 Å². The first kappa shape index (κ1) is 28.2. The van der Waals surface area contributed by atoms with Gasteiger partial charge in [-0.25, -0.2) is 0 Å². The van der Waals surface area contributed by atoms with Crippen molar-refractivity contribution in [1.82, 2.24) is 5.32 Å². The lowest BCUT2D eigenvalue weighted by Crippen LogP contribution is -2.59. The number of anilines is 1. The highest BCUT2D eigenvalue weighted by Crippen LogP contribution is 2.19. The van der Waals surface area contributed by atoms with Crippen LogP contribution >= 0.6 is 0 Å². The molecule has 0 spiro atoms. The summed E-state index contributed by atoms with van der Waals surface area (Å²) in [6.07, 6.45) is 1.80. The highest BCUT2D eigenvalue weighted by molar-refractivity contribution is 6.63. The number of rotatable bonds is 13. The van der Waals surface area contributed by atoms with Gasteiger partial charge in [0.1, 0.15) is 0 Å². The molecule has 0 heterocycles. The molecule has 0 aliphatic heterocycles. The van der Waals surface area contributed by atoms with Gasteiger partial charge >= 0.3 is 17.6 Å². The van der Waals surface area contributed by atoms with Gasteiger partial charge in [0, 0.05) is 48.3 Å². The molecular formula is C19H40N2O6Si2. The van der Waals surface area contributed by atoms with Crippen LogP contribution in [0.2, 0.25) is 0 Å². The zero-order valence-electron chi connectivity index (χ0n) is 19.4. The van der Waals surface area contributed by atoms with Gasteiger partial charge in [0.15, 0.2) is 0 Å². The molecule has 0 fully saturated rings. The maximum Gasteiger partial charge on any atom is 0.523 e. The maximum absolute atomic E-state index is 5.49. The minimum absolute atomic E-state index is 0.0462. The van der Waals surface area contributed by atoms with Gasteiger partial charge in [-0.3, -0.25) is 0 Å². The largest absolute Gasteiger partial charge is 0.523 e. The normalized spacial score (nSPS) is 14.0. The Morgan fingerprint density at radius 2 is 1.07 bits per heavy atom. The quantitative estimate of drug-likeness (QED) is 0.446. The second-order valence-corrected chi connectivity index (χ2v) is 12.4. The van der Waals surface area contributed by atoms with Crippen LogP contribution in [0.15, 0.2) is 30.3 Å². The number of benzene rings is 1. The Hall–Kier alpha value is -0.826. The van der Waals surface area contributed by atoms with Gasteiger partial charge in [-0.2, -0.15) is 0 Å². The van der Waals surface area contributed by atoms with Crippen molar-refractivity contribution >= 4 is 23.3 Å². The summed E-state index contributed by atoms with van der Waals surface area (Å²) < 4.78 is 32.4. The third-order valence-electron chi connectivity index (χ3n) is 4.84. The van der Waals surface area contributed by atoms with Crippen molar-refractivity contribution in [1.29, 1.82) is 0 Å². The standard InChI is InChI=1S/C12H21NO3Si.C7H19NO3Si/c1-5-12(17(14-2,15-3)16-4)13-11-9-7-6-8-10-11;1-6-7(8-2)12(9-3,10-4)11-5/h6-10,12-13H,5H2,1-4H3;7-8H,6H2,1-5H3. The molecule has 170 valence electrons. The zero-order valence-corrected chi connectivity index (χ0v) is 21.4. The molecule has 0 aliphatic carbocycles. The summed E-state index contributed by atoms with van der Waals surface area (Å²) >= 11 is 0. The number of hydrogen-bond donors (Lipinski definition) is 2. The van der Waals surface area contributed by atoms with Gasteiger partial charge in [-0.05, 0) is 32.0 Å². The van der Waals surface area contributed by atoms with Crippen LogP contribution in [0.3, 0.4) is 0 Å². The van der Waals surface area contributed by atoms with Gasteiger partial charge in [-0.15, -0.1) is 0 Å². The van der Waals surface area contributed by atoms with Crippen molar-refractivity contribution in [2.75, 3.05) is 55.0 Å². The average molecular weight is 449 g/mol. The van der Waals surface area contributed by atoms with E-state index in [1.165, 1.54) is 0 Å². The summed E-state index contributed by atoms with van der Waals surface area (Å²) in [7, 11) is 6.56. The van der Waals surface area contributed by atoms with E-state index in [1.807, 2.05) is 37.4 Å². The van der Waals surface area contributed by atoms with E-state index < -0.39 is 17.6 Å². The van der Waals surface area contributed by atoms with E-state index >= 15 is 0 Å². The second-order valence-electron chi connectivity index (χ2n) is 6.15. The number of para-hydroxylation sites is 1. The first-order valence-corrected chi connectivity index (χ1v) is 13.3. The predicted octanol–water partition coefficient (Wildman–Crippen LogP) is 2.70. The van der Waals surface area contributed by atoms with Crippen LogP contribution in [-0.4, -0.2) is 78.6 Å². The monoisotopic (exact) mass is 448 g/mol. The molecule has 1 rings (SSSR count). The van der Waals surface area contributed by atoms with E-state index in [0.29, 0.717) is 0 Å². The zero-order chi connectivity index (χ0) is 22.3. The lowest BCUT2D eigenvalue weighted by molar-refractivity contribution is 0.107. The Morgan fingerprint density at radius 3 is 1.34 bits per heavy atom. The minimum atomic E-state index is -2.64. The minimum Gasteiger partial charge on any atom is -0.378 e. The Kier molecular flexibility index (Phi) is 14.6. The Morgan fingerprint density at radius 1 is 0.690 bits per heavy atom. The molecule has 2 unspecified atom stereocenters. The molecule has 2 N–H and O–H groups in total. The second kappa shape index (κ2) is 15.0. The highest BCUT2D eigenvalue weighted by Gasteiger charge is 2.47. The summed E-state index contributed by atoms with van der Waals surface area (Å²) in [6.45, 7) is 4.15. The van der Waals surface area contributed by atoms with Gasteiger partial charge < -0.3 is 37.2 Å². The van der Waals surface area contributed by atoms with Gasteiger partial charge in [-0.1, -0.05) is 32.0 Å².